The molecular weight excluding hydrogens is 413 g/mol. The lowest BCUT2D eigenvalue weighted by Gasteiger charge is -2.21. The standard InChI is InChI=1S/C23H25F3O5/c1-13-11-14(2)19-15(12-13)7-5-9-17-20(31-22(3,4)30-17)16(27)8-6-10-18(23(24,25)26)29-21(19)28/h5-8,11-12,17-18,20H,9-10H2,1-4H3/b7-5+,8-6-/t17-,18+,20+/m0/s1. The molecule has 0 spiro atoms. The first-order valence-electron chi connectivity index (χ1n) is 9.99. The molecule has 3 rings (SSSR count). The zero-order valence-corrected chi connectivity index (χ0v) is 17.8. The fraction of sp³-hybridized carbons (Fsp3) is 0.478. The third-order valence-electron chi connectivity index (χ3n) is 5.09. The molecule has 2 heterocycles. The van der Waals surface area contributed by atoms with Crippen LogP contribution >= 0.6 is 0 Å². The van der Waals surface area contributed by atoms with Gasteiger partial charge in [-0.2, -0.15) is 13.2 Å². The number of rotatable bonds is 0. The minimum Gasteiger partial charge on any atom is -0.449 e. The van der Waals surface area contributed by atoms with E-state index in [1.54, 1.807) is 45.1 Å². The number of carbonyl (C=O) groups is 2. The Morgan fingerprint density at radius 3 is 2.35 bits per heavy atom. The molecule has 0 aromatic heterocycles. The first kappa shape index (κ1) is 23.2. The molecule has 0 aliphatic carbocycles. The first-order valence-corrected chi connectivity index (χ1v) is 9.99. The van der Waals surface area contributed by atoms with Gasteiger partial charge in [-0.1, -0.05) is 35.9 Å². The highest BCUT2D eigenvalue weighted by Gasteiger charge is 2.45. The minimum atomic E-state index is -4.79. The second-order valence-electron chi connectivity index (χ2n) is 8.25. The van der Waals surface area contributed by atoms with Crippen LogP contribution in [0.2, 0.25) is 0 Å². The summed E-state index contributed by atoms with van der Waals surface area (Å²) < 4.78 is 56.8. The van der Waals surface area contributed by atoms with E-state index in [0.717, 1.165) is 17.7 Å². The van der Waals surface area contributed by atoms with E-state index in [4.69, 9.17) is 14.2 Å². The summed E-state index contributed by atoms with van der Waals surface area (Å²) in [5.41, 5.74) is 1.88. The van der Waals surface area contributed by atoms with E-state index in [1.165, 1.54) is 0 Å². The van der Waals surface area contributed by atoms with Crippen LogP contribution in [0, 0.1) is 13.8 Å². The largest absolute Gasteiger partial charge is 0.449 e. The van der Waals surface area contributed by atoms with Gasteiger partial charge < -0.3 is 14.2 Å². The topological polar surface area (TPSA) is 61.8 Å². The molecule has 0 bridgehead atoms. The summed E-state index contributed by atoms with van der Waals surface area (Å²) in [6.07, 6.45) is -3.62. The van der Waals surface area contributed by atoms with Gasteiger partial charge in [-0.15, -0.1) is 0 Å². The molecular formula is C23H25F3O5. The quantitative estimate of drug-likeness (QED) is 0.543. The van der Waals surface area contributed by atoms with E-state index in [9.17, 15) is 22.8 Å². The lowest BCUT2D eigenvalue weighted by atomic mass is 9.97. The van der Waals surface area contributed by atoms with Crippen LogP contribution in [0.1, 0.15) is 53.7 Å². The van der Waals surface area contributed by atoms with E-state index in [-0.39, 0.29) is 5.56 Å². The zero-order chi connectivity index (χ0) is 23.0. The molecule has 2 aliphatic heterocycles. The predicted molar refractivity (Wildman–Crippen MR) is 107 cm³/mol. The normalized spacial score (nSPS) is 28.8. The molecule has 1 saturated heterocycles. The van der Waals surface area contributed by atoms with E-state index in [2.05, 4.69) is 0 Å². The Bertz CT molecular complexity index is 930. The fourth-order valence-electron chi connectivity index (χ4n) is 3.83. The smallest absolute Gasteiger partial charge is 0.425 e. The third kappa shape index (κ3) is 5.43. The number of fused-ring (bicyclic) bond motifs is 2. The highest BCUT2D eigenvalue weighted by Crippen LogP contribution is 2.32. The number of halogens is 3. The van der Waals surface area contributed by atoms with Gasteiger partial charge in [0.25, 0.3) is 0 Å². The number of ketones is 1. The maximum Gasteiger partial charge on any atom is 0.425 e. The number of hydrogen-bond acceptors (Lipinski definition) is 5. The number of cyclic esters (lactones) is 1. The Kier molecular flexibility index (Phi) is 6.43. The average Bonchev–Trinajstić information content (AvgIpc) is 2.93. The number of benzene rings is 1. The number of alkyl halides is 3. The predicted octanol–water partition coefficient (Wildman–Crippen LogP) is 4.84. The van der Waals surface area contributed by atoms with Crippen LogP contribution in [0.5, 0.6) is 0 Å². The molecule has 31 heavy (non-hydrogen) atoms. The molecule has 1 aromatic rings. The minimum absolute atomic E-state index is 0.0775. The molecule has 8 heteroatoms. The van der Waals surface area contributed by atoms with Crippen molar-refractivity contribution in [3.63, 3.8) is 0 Å². The average molecular weight is 438 g/mol. The van der Waals surface area contributed by atoms with E-state index >= 15 is 0 Å². The van der Waals surface area contributed by atoms with Crippen molar-refractivity contribution >= 4 is 17.8 Å². The van der Waals surface area contributed by atoms with Crippen LogP contribution in [-0.2, 0) is 19.0 Å². The van der Waals surface area contributed by atoms with Crippen molar-refractivity contribution in [2.24, 2.45) is 0 Å². The Labute approximate surface area is 178 Å². The molecule has 0 amide bonds. The van der Waals surface area contributed by atoms with Gasteiger partial charge in [0.1, 0.15) is 6.10 Å². The maximum atomic E-state index is 13.5. The van der Waals surface area contributed by atoms with Gasteiger partial charge in [0.2, 0.25) is 6.10 Å². The van der Waals surface area contributed by atoms with Crippen LogP contribution in [0.3, 0.4) is 0 Å². The summed E-state index contributed by atoms with van der Waals surface area (Å²) in [4.78, 5) is 25.3. The summed E-state index contributed by atoms with van der Waals surface area (Å²) in [6, 6.07) is 3.41. The van der Waals surface area contributed by atoms with Gasteiger partial charge in [-0.3, -0.25) is 4.79 Å². The summed E-state index contributed by atoms with van der Waals surface area (Å²) >= 11 is 0. The number of esters is 1. The monoisotopic (exact) mass is 438 g/mol. The molecule has 168 valence electrons. The van der Waals surface area contributed by atoms with Crippen LogP contribution in [0.25, 0.3) is 6.08 Å². The third-order valence-corrected chi connectivity index (χ3v) is 5.09. The molecule has 0 radical (unpaired) electrons. The van der Waals surface area contributed by atoms with Crippen molar-refractivity contribution in [1.82, 2.24) is 0 Å². The van der Waals surface area contributed by atoms with Crippen LogP contribution in [0.4, 0.5) is 13.2 Å². The molecule has 0 N–H and O–H groups in total. The van der Waals surface area contributed by atoms with Gasteiger partial charge in [0.05, 0.1) is 11.7 Å². The second-order valence-corrected chi connectivity index (χ2v) is 8.25. The number of hydrogen-bond donors (Lipinski definition) is 0. The van der Waals surface area contributed by atoms with E-state index < -0.39 is 48.4 Å². The Hall–Kier alpha value is -2.45. The lowest BCUT2D eigenvalue weighted by Crippen LogP contribution is -2.34. The van der Waals surface area contributed by atoms with Gasteiger partial charge in [-0.05, 0) is 51.3 Å². The molecule has 0 unspecified atom stereocenters. The van der Waals surface area contributed by atoms with Crippen molar-refractivity contribution in [2.75, 3.05) is 0 Å². The zero-order valence-electron chi connectivity index (χ0n) is 17.8. The maximum absolute atomic E-state index is 13.5. The molecule has 0 saturated carbocycles. The van der Waals surface area contributed by atoms with Gasteiger partial charge in [-0.25, -0.2) is 4.79 Å². The second kappa shape index (κ2) is 8.59. The number of ether oxygens (including phenoxy) is 3. The van der Waals surface area contributed by atoms with E-state index in [1.807, 2.05) is 6.92 Å². The highest BCUT2D eigenvalue weighted by atomic mass is 19.4. The Balaban J connectivity index is 2.05. The van der Waals surface area contributed by atoms with Crippen molar-refractivity contribution < 1.29 is 37.0 Å². The summed E-state index contributed by atoms with van der Waals surface area (Å²) in [6.45, 7) is 6.82. The van der Waals surface area contributed by atoms with Crippen LogP contribution < -0.4 is 0 Å². The van der Waals surface area contributed by atoms with Gasteiger partial charge in [0.15, 0.2) is 11.6 Å². The van der Waals surface area contributed by atoms with Crippen molar-refractivity contribution in [3.8, 4) is 0 Å². The first-order chi connectivity index (χ1) is 14.4. The van der Waals surface area contributed by atoms with Gasteiger partial charge in [0, 0.05) is 6.42 Å². The molecule has 3 atom stereocenters. The lowest BCUT2D eigenvalue weighted by molar-refractivity contribution is -0.203. The van der Waals surface area contributed by atoms with E-state index in [0.29, 0.717) is 17.5 Å². The number of aryl methyl sites for hydroxylation is 2. The highest BCUT2D eigenvalue weighted by molar-refractivity contribution is 5.96. The summed E-state index contributed by atoms with van der Waals surface area (Å²) in [7, 11) is 0. The van der Waals surface area contributed by atoms with Crippen molar-refractivity contribution in [1.29, 1.82) is 0 Å². The molecule has 5 nitrogen and oxygen atoms in total. The summed E-state index contributed by atoms with van der Waals surface area (Å²) in [5.74, 6) is -2.56. The molecule has 2 aliphatic rings. The molecule has 1 aromatic carbocycles. The van der Waals surface area contributed by atoms with Crippen molar-refractivity contribution in [2.45, 2.75) is 70.8 Å². The van der Waals surface area contributed by atoms with Gasteiger partial charge >= 0.3 is 12.1 Å². The fourth-order valence-corrected chi connectivity index (χ4v) is 3.83. The van der Waals surface area contributed by atoms with Crippen LogP contribution in [-0.4, -0.2) is 42.0 Å². The number of carbonyl (C=O) groups excluding carboxylic acids is 2. The van der Waals surface area contributed by atoms with Crippen LogP contribution in [0.15, 0.2) is 30.4 Å². The Morgan fingerprint density at radius 1 is 1.00 bits per heavy atom. The van der Waals surface area contributed by atoms with Crippen molar-refractivity contribution in [3.05, 3.63) is 52.6 Å². The Morgan fingerprint density at radius 2 is 1.68 bits per heavy atom. The molecule has 1 fully saturated rings. The summed E-state index contributed by atoms with van der Waals surface area (Å²) in [5, 5.41) is 0. The SMILES string of the molecule is Cc1cc(C)c2c(c1)/C=C/C[C@@H]1OC(C)(C)O[C@@H]1C(=O)/C=C\C[C@H](C(F)(F)F)OC2=O.